The number of unbranched alkanes of at least 4 members (excludes halogenated alkanes) is 1. The van der Waals surface area contributed by atoms with Gasteiger partial charge >= 0.3 is 5.97 Å². The number of ether oxygens (including phenoxy) is 1. The maximum Gasteiger partial charge on any atom is 0.306 e. The molecule has 0 rings (SSSR count). The molecule has 0 saturated heterocycles. The molecule has 0 spiro atoms. The smallest absolute Gasteiger partial charge is 0.306 e. The minimum atomic E-state index is -0.0600. The van der Waals surface area contributed by atoms with Gasteiger partial charge in [0.2, 0.25) is 0 Å². The Bertz CT molecular complexity index is 161. The van der Waals surface area contributed by atoms with Crippen LogP contribution in [-0.2, 0) is 9.53 Å². The van der Waals surface area contributed by atoms with Gasteiger partial charge in [-0.2, -0.15) is 11.8 Å². The van der Waals surface area contributed by atoms with E-state index in [0.717, 1.165) is 18.6 Å². The van der Waals surface area contributed by atoms with E-state index in [1.165, 1.54) is 0 Å². The Hall–Kier alpha value is -0.180. The van der Waals surface area contributed by atoms with E-state index >= 15 is 0 Å². The van der Waals surface area contributed by atoms with Crippen LogP contribution in [0.3, 0.4) is 0 Å². The number of esters is 1. The van der Waals surface area contributed by atoms with Crippen molar-refractivity contribution in [1.29, 1.82) is 0 Å². The van der Waals surface area contributed by atoms with E-state index in [-0.39, 0.29) is 10.7 Å². The number of thioether (sulfide) groups is 1. The number of hydrogen-bond acceptors (Lipinski definition) is 3. The van der Waals surface area contributed by atoms with E-state index in [1.54, 1.807) is 11.8 Å². The van der Waals surface area contributed by atoms with Crippen LogP contribution in [0, 0.1) is 0 Å². The summed E-state index contributed by atoms with van der Waals surface area (Å²) in [4.78, 5) is 11.2. The molecule has 0 aliphatic heterocycles. The summed E-state index contributed by atoms with van der Waals surface area (Å²) in [6.45, 7) is 9.12. The number of carbonyl (C=O) groups excluding carboxylic acids is 1. The Kier molecular flexibility index (Phi) is 7.06. The van der Waals surface area contributed by atoms with Crippen LogP contribution in [0.15, 0.2) is 0 Å². The fourth-order valence-corrected chi connectivity index (χ4v) is 1.72. The summed E-state index contributed by atoms with van der Waals surface area (Å²) in [7, 11) is 0. The first kappa shape index (κ1) is 13.8. The molecule has 0 N–H and O–H groups in total. The van der Waals surface area contributed by atoms with Crippen molar-refractivity contribution < 1.29 is 9.53 Å². The van der Waals surface area contributed by atoms with E-state index in [4.69, 9.17) is 4.74 Å². The molecule has 84 valence electrons. The first-order chi connectivity index (χ1) is 6.45. The van der Waals surface area contributed by atoms with Gasteiger partial charge in [-0.25, -0.2) is 0 Å². The largest absolute Gasteiger partial charge is 0.466 e. The van der Waals surface area contributed by atoms with E-state index in [1.807, 2.05) is 0 Å². The van der Waals surface area contributed by atoms with Crippen LogP contribution in [-0.4, -0.2) is 23.1 Å². The molecule has 0 heterocycles. The van der Waals surface area contributed by atoms with Gasteiger partial charge in [-0.05, 0) is 6.42 Å². The Morgan fingerprint density at radius 1 is 1.36 bits per heavy atom. The van der Waals surface area contributed by atoms with E-state index in [9.17, 15) is 4.79 Å². The van der Waals surface area contributed by atoms with Crippen molar-refractivity contribution in [3.8, 4) is 0 Å². The molecule has 0 saturated carbocycles. The highest BCUT2D eigenvalue weighted by Gasteiger charge is 2.11. The van der Waals surface area contributed by atoms with Crippen molar-refractivity contribution in [2.45, 2.75) is 51.7 Å². The van der Waals surface area contributed by atoms with Crippen molar-refractivity contribution in [2.24, 2.45) is 0 Å². The first-order valence-electron chi connectivity index (χ1n) is 5.25. The normalized spacial score (nSPS) is 11.4. The average Bonchev–Trinajstić information content (AvgIpc) is 2.02. The summed E-state index contributed by atoms with van der Waals surface area (Å²) in [5.74, 6) is 0.796. The highest BCUT2D eigenvalue weighted by molar-refractivity contribution is 8.00. The summed E-state index contributed by atoms with van der Waals surface area (Å²) >= 11 is 1.80. The van der Waals surface area contributed by atoms with Crippen LogP contribution >= 0.6 is 11.8 Å². The maximum atomic E-state index is 11.2. The second-order valence-corrected chi connectivity index (χ2v) is 6.21. The lowest BCUT2D eigenvalue weighted by molar-refractivity contribution is -0.143. The van der Waals surface area contributed by atoms with Crippen molar-refractivity contribution in [2.75, 3.05) is 12.4 Å². The van der Waals surface area contributed by atoms with Crippen LogP contribution < -0.4 is 0 Å². The lowest BCUT2D eigenvalue weighted by atomic mass is 10.3. The molecule has 0 radical (unpaired) electrons. The molecule has 2 nitrogen and oxygen atoms in total. The molecule has 0 aromatic carbocycles. The van der Waals surface area contributed by atoms with Crippen molar-refractivity contribution in [3.05, 3.63) is 0 Å². The zero-order valence-electron chi connectivity index (χ0n) is 9.76. The zero-order chi connectivity index (χ0) is 11.0. The van der Waals surface area contributed by atoms with Gasteiger partial charge in [0.25, 0.3) is 0 Å². The molecule has 0 aromatic heterocycles. The van der Waals surface area contributed by atoms with Crippen LogP contribution in [0.1, 0.15) is 47.0 Å². The molecular weight excluding hydrogens is 196 g/mol. The average molecular weight is 218 g/mol. The highest BCUT2D eigenvalue weighted by atomic mass is 32.2. The van der Waals surface area contributed by atoms with Crippen molar-refractivity contribution in [1.82, 2.24) is 0 Å². The predicted molar refractivity (Wildman–Crippen MR) is 62.7 cm³/mol. The van der Waals surface area contributed by atoms with Gasteiger partial charge in [-0.1, -0.05) is 34.1 Å². The molecule has 0 amide bonds. The maximum absolute atomic E-state index is 11.2. The Labute approximate surface area is 91.8 Å². The quantitative estimate of drug-likeness (QED) is 0.505. The molecule has 0 atom stereocenters. The standard InChI is InChI=1S/C11H22O2S/c1-5-6-8-13-10(12)7-9-14-11(2,3)4/h5-9H2,1-4H3. The second-order valence-electron chi connectivity index (χ2n) is 4.28. The lowest BCUT2D eigenvalue weighted by Gasteiger charge is -2.16. The first-order valence-corrected chi connectivity index (χ1v) is 6.24. The molecule has 0 aromatic rings. The summed E-state index contributed by atoms with van der Waals surface area (Å²) < 4.78 is 5.28. The van der Waals surface area contributed by atoms with Gasteiger partial charge in [-0.3, -0.25) is 4.79 Å². The van der Waals surface area contributed by atoms with Gasteiger partial charge in [-0.15, -0.1) is 0 Å². The fourth-order valence-electron chi connectivity index (χ4n) is 0.843. The topological polar surface area (TPSA) is 26.3 Å². The monoisotopic (exact) mass is 218 g/mol. The van der Waals surface area contributed by atoms with Crippen LogP contribution in [0.2, 0.25) is 0 Å². The number of carbonyl (C=O) groups is 1. The Balaban J connectivity index is 3.36. The molecule has 0 unspecified atom stereocenters. The van der Waals surface area contributed by atoms with E-state index in [2.05, 4.69) is 27.7 Å². The zero-order valence-corrected chi connectivity index (χ0v) is 10.6. The SMILES string of the molecule is CCCCOC(=O)CCSC(C)(C)C. The van der Waals surface area contributed by atoms with E-state index in [0.29, 0.717) is 13.0 Å². The van der Waals surface area contributed by atoms with Gasteiger partial charge < -0.3 is 4.74 Å². The second kappa shape index (κ2) is 7.16. The summed E-state index contributed by atoms with van der Waals surface area (Å²) in [5.41, 5.74) is 0. The molecule has 0 aliphatic rings. The molecule has 0 fully saturated rings. The van der Waals surface area contributed by atoms with Crippen molar-refractivity contribution >= 4 is 17.7 Å². The summed E-state index contributed by atoms with van der Waals surface area (Å²) in [5, 5.41) is 0. The van der Waals surface area contributed by atoms with Gasteiger partial charge in [0.1, 0.15) is 0 Å². The minimum Gasteiger partial charge on any atom is -0.466 e. The molecule has 0 bridgehead atoms. The minimum absolute atomic E-state index is 0.0600. The fraction of sp³-hybridized carbons (Fsp3) is 0.909. The van der Waals surface area contributed by atoms with Crippen LogP contribution in [0.5, 0.6) is 0 Å². The van der Waals surface area contributed by atoms with Gasteiger partial charge in [0.05, 0.1) is 13.0 Å². The van der Waals surface area contributed by atoms with E-state index < -0.39 is 0 Å². The van der Waals surface area contributed by atoms with Crippen LogP contribution in [0.25, 0.3) is 0 Å². The number of rotatable bonds is 6. The van der Waals surface area contributed by atoms with Gasteiger partial charge in [0, 0.05) is 10.5 Å². The third kappa shape index (κ3) is 9.90. The molecule has 14 heavy (non-hydrogen) atoms. The van der Waals surface area contributed by atoms with Gasteiger partial charge in [0.15, 0.2) is 0 Å². The highest BCUT2D eigenvalue weighted by Crippen LogP contribution is 2.23. The Morgan fingerprint density at radius 3 is 2.50 bits per heavy atom. The third-order valence-corrected chi connectivity index (χ3v) is 2.88. The van der Waals surface area contributed by atoms with Crippen molar-refractivity contribution in [3.63, 3.8) is 0 Å². The van der Waals surface area contributed by atoms with Crippen LogP contribution in [0.4, 0.5) is 0 Å². The predicted octanol–water partition coefficient (Wildman–Crippen LogP) is 3.25. The molecule has 0 aliphatic carbocycles. The summed E-state index contributed by atoms with van der Waals surface area (Å²) in [6, 6.07) is 0. The third-order valence-electron chi connectivity index (χ3n) is 1.60. The lowest BCUT2D eigenvalue weighted by Crippen LogP contribution is -2.12. The molecular formula is C11H22O2S. The molecule has 3 heteroatoms. The number of hydrogen-bond donors (Lipinski definition) is 0. The summed E-state index contributed by atoms with van der Waals surface area (Å²) in [6.07, 6.45) is 2.58. The Morgan fingerprint density at radius 2 is 2.00 bits per heavy atom.